The summed E-state index contributed by atoms with van der Waals surface area (Å²) < 4.78 is 0. The minimum Gasteiger partial charge on any atom is -0.357 e. The Morgan fingerprint density at radius 2 is 1.70 bits per heavy atom. The van der Waals surface area contributed by atoms with Gasteiger partial charge in [-0.05, 0) is 34.5 Å². The van der Waals surface area contributed by atoms with Crippen LogP contribution < -0.4 is 5.32 Å². The minimum absolute atomic E-state index is 0.530. The Balaban J connectivity index is 1.73. The number of nitrogens with zero attached hydrogens (tertiary/aromatic N) is 2. The summed E-state index contributed by atoms with van der Waals surface area (Å²) in [6, 6.07) is 20.5. The molecule has 0 unspecified atom stereocenters. The first-order valence-electron chi connectivity index (χ1n) is 9.15. The lowest BCUT2D eigenvalue weighted by atomic mass is 10.0. The molecule has 5 heteroatoms. The summed E-state index contributed by atoms with van der Waals surface area (Å²) in [5, 5.41) is 7.02. The van der Waals surface area contributed by atoms with E-state index >= 15 is 0 Å². The third kappa shape index (κ3) is 4.27. The predicted octanol–water partition coefficient (Wildman–Crippen LogP) is 5.32. The van der Waals surface area contributed by atoms with Crippen LogP contribution in [0.5, 0.6) is 0 Å². The number of halogens is 2. The van der Waals surface area contributed by atoms with Gasteiger partial charge in [-0.25, -0.2) is 4.99 Å². The van der Waals surface area contributed by atoms with Crippen molar-refractivity contribution in [2.75, 3.05) is 26.2 Å². The molecule has 1 saturated heterocycles. The highest BCUT2D eigenvalue weighted by atomic mass is 35.5. The predicted molar refractivity (Wildman–Crippen MR) is 116 cm³/mol. The summed E-state index contributed by atoms with van der Waals surface area (Å²) in [5.41, 5.74) is 2.11. The number of piperazine rings is 1. The van der Waals surface area contributed by atoms with Gasteiger partial charge in [0.05, 0.1) is 15.7 Å². The number of aliphatic imine (C=N–C) groups is 1. The average Bonchev–Trinajstić information content (AvgIpc) is 2.71. The summed E-state index contributed by atoms with van der Waals surface area (Å²) in [6.45, 7) is 3.84. The smallest absolute Gasteiger partial charge is 0.109 e. The Morgan fingerprint density at radius 1 is 0.926 bits per heavy atom. The van der Waals surface area contributed by atoms with E-state index < -0.39 is 0 Å². The molecule has 3 aromatic rings. The van der Waals surface area contributed by atoms with Crippen LogP contribution in [0.1, 0.15) is 5.56 Å². The fourth-order valence-corrected chi connectivity index (χ4v) is 3.76. The highest BCUT2D eigenvalue weighted by molar-refractivity contribution is 6.42. The molecule has 0 spiro atoms. The molecule has 0 saturated carbocycles. The molecule has 1 N–H and O–H groups in total. The third-order valence-corrected chi connectivity index (χ3v) is 5.61. The molecule has 3 aromatic carbocycles. The van der Waals surface area contributed by atoms with Gasteiger partial charge in [0.1, 0.15) is 5.84 Å². The van der Waals surface area contributed by atoms with Gasteiger partial charge in [0, 0.05) is 32.6 Å². The fourth-order valence-electron chi connectivity index (χ4n) is 3.47. The largest absolute Gasteiger partial charge is 0.357 e. The molecule has 0 radical (unpaired) electrons. The Bertz CT molecular complexity index is 973. The number of hydrogen-bond donors (Lipinski definition) is 1. The highest BCUT2D eigenvalue weighted by Gasteiger charge is 2.16. The Labute approximate surface area is 169 Å². The molecule has 4 rings (SSSR count). The van der Waals surface area contributed by atoms with E-state index in [9.17, 15) is 0 Å². The van der Waals surface area contributed by atoms with E-state index in [2.05, 4.69) is 52.7 Å². The molecule has 1 aliphatic heterocycles. The van der Waals surface area contributed by atoms with Crippen LogP contribution in [0.2, 0.25) is 10.0 Å². The number of fused-ring (bicyclic) bond motifs is 1. The maximum Gasteiger partial charge on any atom is 0.109 e. The van der Waals surface area contributed by atoms with E-state index in [1.807, 2.05) is 12.1 Å². The van der Waals surface area contributed by atoms with Gasteiger partial charge in [-0.15, -0.1) is 0 Å². The number of hydrogen-bond acceptors (Lipinski definition) is 2. The van der Waals surface area contributed by atoms with Crippen molar-refractivity contribution < 1.29 is 0 Å². The molecule has 0 aromatic heterocycles. The fraction of sp³-hybridized carbons (Fsp3) is 0.227. The summed E-state index contributed by atoms with van der Waals surface area (Å²) in [6.07, 6.45) is 0.779. The first kappa shape index (κ1) is 18.3. The number of benzene rings is 3. The van der Waals surface area contributed by atoms with Crippen LogP contribution in [-0.4, -0.2) is 36.9 Å². The van der Waals surface area contributed by atoms with Crippen LogP contribution in [0.15, 0.2) is 65.7 Å². The van der Waals surface area contributed by atoms with E-state index in [1.165, 1.54) is 16.3 Å². The lowest BCUT2D eigenvalue weighted by molar-refractivity contribution is 0.353. The zero-order chi connectivity index (χ0) is 18.6. The second-order valence-corrected chi connectivity index (χ2v) is 7.49. The lowest BCUT2D eigenvalue weighted by Gasteiger charge is -2.31. The first-order chi connectivity index (χ1) is 13.2. The highest BCUT2D eigenvalue weighted by Crippen LogP contribution is 2.27. The summed E-state index contributed by atoms with van der Waals surface area (Å²) in [4.78, 5) is 7.32. The Hall–Kier alpha value is -2.07. The van der Waals surface area contributed by atoms with Crippen molar-refractivity contribution in [1.82, 2.24) is 10.2 Å². The molecule has 1 fully saturated rings. The third-order valence-electron chi connectivity index (χ3n) is 4.87. The van der Waals surface area contributed by atoms with E-state index in [4.69, 9.17) is 28.2 Å². The minimum atomic E-state index is 0.530. The molecule has 0 atom stereocenters. The normalized spacial score (nSPS) is 15.3. The van der Waals surface area contributed by atoms with Gasteiger partial charge < -0.3 is 10.2 Å². The maximum absolute atomic E-state index is 6.20. The Kier molecular flexibility index (Phi) is 5.63. The zero-order valence-electron chi connectivity index (χ0n) is 15.0. The van der Waals surface area contributed by atoms with Crippen molar-refractivity contribution in [3.8, 4) is 0 Å². The maximum atomic E-state index is 6.20. The summed E-state index contributed by atoms with van der Waals surface area (Å²) >= 11 is 12.3. The standard InChI is InChI=1S/C22H21Cl2N3/c23-20-9-8-18(15-21(20)24)26-22(27-12-10-25-11-13-27)14-17-6-3-5-16-4-1-2-7-19(16)17/h1-9,15,25H,10-14H2. The second-order valence-electron chi connectivity index (χ2n) is 6.68. The van der Waals surface area contributed by atoms with Crippen LogP contribution in [0, 0.1) is 0 Å². The SMILES string of the molecule is Clc1ccc(N=C(Cc2cccc3ccccc23)N2CCNCC2)cc1Cl. The lowest BCUT2D eigenvalue weighted by Crippen LogP contribution is -2.47. The zero-order valence-corrected chi connectivity index (χ0v) is 16.5. The van der Waals surface area contributed by atoms with E-state index in [0.29, 0.717) is 10.0 Å². The number of nitrogens with one attached hydrogen (secondary N) is 1. The van der Waals surface area contributed by atoms with Crippen molar-refractivity contribution in [2.24, 2.45) is 4.99 Å². The molecule has 0 bridgehead atoms. The summed E-state index contributed by atoms with van der Waals surface area (Å²) in [7, 11) is 0. The molecular weight excluding hydrogens is 377 g/mol. The number of amidine groups is 1. The van der Waals surface area contributed by atoms with Crippen LogP contribution in [0.3, 0.4) is 0 Å². The van der Waals surface area contributed by atoms with Gasteiger partial charge in [0.15, 0.2) is 0 Å². The van der Waals surface area contributed by atoms with Crippen molar-refractivity contribution in [2.45, 2.75) is 6.42 Å². The quantitative estimate of drug-likeness (QED) is 0.477. The van der Waals surface area contributed by atoms with Crippen molar-refractivity contribution in [1.29, 1.82) is 0 Å². The topological polar surface area (TPSA) is 27.6 Å². The first-order valence-corrected chi connectivity index (χ1v) is 9.91. The second kappa shape index (κ2) is 8.30. The monoisotopic (exact) mass is 397 g/mol. The van der Waals surface area contributed by atoms with Crippen LogP contribution >= 0.6 is 23.2 Å². The van der Waals surface area contributed by atoms with Crippen LogP contribution in [0.4, 0.5) is 5.69 Å². The molecule has 0 amide bonds. The Morgan fingerprint density at radius 3 is 2.52 bits per heavy atom. The van der Waals surface area contributed by atoms with Crippen molar-refractivity contribution in [3.63, 3.8) is 0 Å². The molecule has 138 valence electrons. The van der Waals surface area contributed by atoms with E-state index in [-0.39, 0.29) is 0 Å². The molecule has 27 heavy (non-hydrogen) atoms. The van der Waals surface area contributed by atoms with Crippen LogP contribution in [-0.2, 0) is 6.42 Å². The molecule has 0 aliphatic carbocycles. The van der Waals surface area contributed by atoms with Gasteiger partial charge in [0.2, 0.25) is 0 Å². The van der Waals surface area contributed by atoms with Gasteiger partial charge in [-0.2, -0.15) is 0 Å². The van der Waals surface area contributed by atoms with Crippen molar-refractivity contribution >= 4 is 45.5 Å². The molecule has 1 heterocycles. The molecular formula is C22H21Cl2N3. The molecule has 3 nitrogen and oxygen atoms in total. The van der Waals surface area contributed by atoms with Gasteiger partial charge in [0.25, 0.3) is 0 Å². The van der Waals surface area contributed by atoms with Crippen molar-refractivity contribution in [3.05, 3.63) is 76.3 Å². The summed E-state index contributed by atoms with van der Waals surface area (Å²) in [5.74, 6) is 1.06. The van der Waals surface area contributed by atoms with Gasteiger partial charge >= 0.3 is 0 Å². The number of rotatable bonds is 3. The van der Waals surface area contributed by atoms with Gasteiger partial charge in [-0.3, -0.25) is 0 Å². The van der Waals surface area contributed by atoms with Crippen LogP contribution in [0.25, 0.3) is 10.8 Å². The van der Waals surface area contributed by atoms with E-state index in [0.717, 1.165) is 44.1 Å². The van der Waals surface area contributed by atoms with Gasteiger partial charge in [-0.1, -0.05) is 65.7 Å². The average molecular weight is 398 g/mol. The van der Waals surface area contributed by atoms with E-state index in [1.54, 1.807) is 6.07 Å². The molecule has 1 aliphatic rings.